The highest BCUT2D eigenvalue weighted by molar-refractivity contribution is 6.30. The van der Waals surface area contributed by atoms with Crippen molar-refractivity contribution in [3.63, 3.8) is 0 Å². The lowest BCUT2D eigenvalue weighted by atomic mass is 9.73. The first-order valence-corrected chi connectivity index (χ1v) is 9.41. The molecule has 2 amide bonds. The maximum Gasteiger partial charge on any atom is 0.324 e. The molecule has 0 atom stereocenters. The minimum Gasteiger partial charge on any atom is -0.405 e. The lowest BCUT2D eigenvalue weighted by molar-refractivity contribution is -0.0783. The Bertz CT molecular complexity index is 795. The minimum absolute atomic E-state index is 0.0303. The van der Waals surface area contributed by atoms with Gasteiger partial charge >= 0.3 is 6.03 Å². The van der Waals surface area contributed by atoms with Gasteiger partial charge in [-0.25, -0.2) is 4.79 Å². The van der Waals surface area contributed by atoms with Crippen molar-refractivity contribution < 1.29 is 9.53 Å². The van der Waals surface area contributed by atoms with Crippen LogP contribution in [0.15, 0.2) is 42.4 Å². The van der Waals surface area contributed by atoms with Crippen molar-refractivity contribution in [2.24, 2.45) is 16.9 Å². The van der Waals surface area contributed by atoms with Gasteiger partial charge in [-0.2, -0.15) is 0 Å². The maximum atomic E-state index is 13.1. The number of benzene rings is 1. The van der Waals surface area contributed by atoms with Crippen molar-refractivity contribution in [1.82, 2.24) is 9.80 Å². The van der Waals surface area contributed by atoms with Gasteiger partial charge in [-0.15, -0.1) is 0 Å². The Kier molecular flexibility index (Phi) is 4.65. The normalized spacial score (nSPS) is 21.7. The first-order chi connectivity index (χ1) is 13.0. The highest BCUT2D eigenvalue weighted by atomic mass is 35.5. The Balaban J connectivity index is 1.39. The highest BCUT2D eigenvalue weighted by Gasteiger charge is 2.54. The van der Waals surface area contributed by atoms with Crippen LogP contribution in [0, 0.1) is 5.41 Å². The molecule has 0 radical (unpaired) electrons. The second-order valence-electron chi connectivity index (χ2n) is 7.45. The molecule has 0 saturated carbocycles. The number of hydrogen-bond donors (Lipinski definition) is 2. The summed E-state index contributed by atoms with van der Waals surface area (Å²) in [5, 5.41) is 0.652. The Morgan fingerprint density at radius 3 is 2.70 bits per heavy atom. The van der Waals surface area contributed by atoms with Crippen LogP contribution in [-0.4, -0.2) is 55.2 Å². The number of hydrogen-bond acceptors (Lipinski definition) is 5. The van der Waals surface area contributed by atoms with Crippen molar-refractivity contribution in [3.05, 3.63) is 53.0 Å². The lowest BCUT2D eigenvalue weighted by Crippen LogP contribution is -2.74. The van der Waals surface area contributed by atoms with Crippen LogP contribution in [0.2, 0.25) is 5.02 Å². The Morgan fingerprint density at radius 1 is 1.22 bits per heavy atom. The summed E-state index contributed by atoms with van der Waals surface area (Å²) in [4.78, 5) is 18.9. The van der Waals surface area contributed by atoms with Crippen LogP contribution in [0.25, 0.3) is 0 Å². The van der Waals surface area contributed by atoms with E-state index in [4.69, 9.17) is 27.8 Å². The van der Waals surface area contributed by atoms with Gasteiger partial charge in [0.1, 0.15) is 0 Å². The SMILES string of the molecule is N/C=C\C=C(/N)N1CC2(CN(C(=O)N3CCOCc4cc(Cl)ccc43)C2)C1. The number of rotatable bonds is 2. The van der Waals surface area contributed by atoms with E-state index in [2.05, 4.69) is 4.90 Å². The molecule has 2 fully saturated rings. The molecule has 0 bridgehead atoms. The van der Waals surface area contributed by atoms with E-state index in [-0.39, 0.29) is 11.4 Å². The van der Waals surface area contributed by atoms with Crippen molar-refractivity contribution in [2.75, 3.05) is 44.2 Å². The van der Waals surface area contributed by atoms with E-state index in [1.54, 1.807) is 12.2 Å². The quantitative estimate of drug-likeness (QED) is 0.751. The summed E-state index contributed by atoms with van der Waals surface area (Å²) in [5.41, 5.74) is 13.4. The predicted octanol–water partition coefficient (Wildman–Crippen LogP) is 1.69. The van der Waals surface area contributed by atoms with Gasteiger partial charge in [0.2, 0.25) is 0 Å². The number of carbonyl (C=O) groups excluding carboxylic acids is 1. The largest absolute Gasteiger partial charge is 0.405 e. The van der Waals surface area contributed by atoms with Gasteiger partial charge in [0.05, 0.1) is 31.3 Å². The molecule has 1 spiro atoms. The van der Waals surface area contributed by atoms with Crippen LogP contribution in [-0.2, 0) is 11.3 Å². The molecule has 0 aromatic heterocycles. The van der Waals surface area contributed by atoms with Crippen molar-refractivity contribution >= 4 is 23.3 Å². The number of ether oxygens (including phenoxy) is 1. The first-order valence-electron chi connectivity index (χ1n) is 9.03. The zero-order valence-corrected chi connectivity index (χ0v) is 15.9. The molecular weight excluding hydrogens is 366 g/mol. The molecule has 0 aliphatic carbocycles. The highest BCUT2D eigenvalue weighted by Crippen LogP contribution is 2.41. The standard InChI is InChI=1S/C19H24ClN5O2/c20-15-3-4-16-14(8-15)9-27-7-6-25(16)18(26)24-12-19(13-24)10-23(11-19)17(22)2-1-5-21/h1-5,8H,6-7,9-13,21-22H2/b5-1-,17-2+. The van der Waals surface area contributed by atoms with E-state index in [9.17, 15) is 4.79 Å². The Hall–Kier alpha value is -2.38. The van der Waals surface area contributed by atoms with Gasteiger partial charge in [0, 0.05) is 42.2 Å². The monoisotopic (exact) mass is 389 g/mol. The molecule has 3 heterocycles. The third-order valence-corrected chi connectivity index (χ3v) is 5.63. The van der Waals surface area contributed by atoms with Gasteiger partial charge in [0.15, 0.2) is 0 Å². The number of fused-ring (bicyclic) bond motifs is 1. The predicted molar refractivity (Wildman–Crippen MR) is 105 cm³/mol. The second-order valence-corrected chi connectivity index (χ2v) is 7.88. The van der Waals surface area contributed by atoms with Gasteiger partial charge in [-0.05, 0) is 36.6 Å². The smallest absolute Gasteiger partial charge is 0.324 e. The molecule has 1 aromatic carbocycles. The summed E-state index contributed by atoms with van der Waals surface area (Å²) in [6.07, 6.45) is 4.98. The number of urea groups is 1. The van der Waals surface area contributed by atoms with Crippen LogP contribution in [0.4, 0.5) is 10.5 Å². The number of nitrogens with zero attached hydrogens (tertiary/aromatic N) is 3. The number of halogens is 1. The number of amides is 2. The summed E-state index contributed by atoms with van der Waals surface area (Å²) in [6.45, 7) is 4.78. The molecule has 3 aliphatic heterocycles. The summed E-state index contributed by atoms with van der Waals surface area (Å²) >= 11 is 6.09. The number of likely N-dealkylation sites (tertiary alicyclic amines) is 2. The van der Waals surface area contributed by atoms with Gasteiger partial charge in [0.25, 0.3) is 0 Å². The van der Waals surface area contributed by atoms with Gasteiger partial charge in [-0.1, -0.05) is 11.6 Å². The summed E-state index contributed by atoms with van der Waals surface area (Å²) in [5.74, 6) is 0.711. The molecule has 144 valence electrons. The summed E-state index contributed by atoms with van der Waals surface area (Å²) in [7, 11) is 0. The van der Waals surface area contributed by atoms with Crippen molar-refractivity contribution in [2.45, 2.75) is 6.61 Å². The topological polar surface area (TPSA) is 88.1 Å². The molecule has 27 heavy (non-hydrogen) atoms. The zero-order valence-electron chi connectivity index (χ0n) is 15.1. The van der Waals surface area contributed by atoms with E-state index < -0.39 is 0 Å². The van der Waals surface area contributed by atoms with E-state index in [1.165, 1.54) is 6.20 Å². The minimum atomic E-state index is 0.0303. The first kappa shape index (κ1) is 18.0. The zero-order chi connectivity index (χ0) is 19.0. The Morgan fingerprint density at radius 2 is 1.96 bits per heavy atom. The molecule has 8 heteroatoms. The van der Waals surface area contributed by atoms with E-state index in [0.717, 1.165) is 37.4 Å². The van der Waals surface area contributed by atoms with Crippen LogP contribution in [0.3, 0.4) is 0 Å². The van der Waals surface area contributed by atoms with Gasteiger partial charge in [-0.3, -0.25) is 4.90 Å². The number of nitrogens with two attached hydrogens (primary N) is 2. The van der Waals surface area contributed by atoms with Crippen LogP contribution < -0.4 is 16.4 Å². The van der Waals surface area contributed by atoms with E-state index in [0.29, 0.717) is 30.6 Å². The third kappa shape index (κ3) is 3.33. The summed E-state index contributed by atoms with van der Waals surface area (Å²) in [6, 6.07) is 5.62. The van der Waals surface area contributed by atoms with Crippen LogP contribution >= 0.6 is 11.6 Å². The van der Waals surface area contributed by atoms with E-state index in [1.807, 2.05) is 28.0 Å². The van der Waals surface area contributed by atoms with Crippen LogP contribution in [0.5, 0.6) is 0 Å². The average Bonchev–Trinajstić information content (AvgIpc) is 2.79. The number of carbonyl (C=O) groups is 1. The molecule has 0 unspecified atom stereocenters. The average molecular weight is 390 g/mol. The number of allylic oxidation sites excluding steroid dienone is 2. The fourth-order valence-electron chi connectivity index (χ4n) is 4.07. The van der Waals surface area contributed by atoms with Gasteiger partial charge < -0.3 is 26.0 Å². The molecule has 4 N–H and O–H groups in total. The number of anilines is 1. The molecule has 7 nitrogen and oxygen atoms in total. The molecule has 2 saturated heterocycles. The molecule has 3 aliphatic rings. The molecule has 1 aromatic rings. The summed E-state index contributed by atoms with van der Waals surface area (Å²) < 4.78 is 5.62. The van der Waals surface area contributed by atoms with Crippen LogP contribution in [0.1, 0.15) is 5.56 Å². The van der Waals surface area contributed by atoms with E-state index >= 15 is 0 Å². The molecule has 4 rings (SSSR count). The maximum absolute atomic E-state index is 13.1. The fraction of sp³-hybridized carbons (Fsp3) is 0.421. The second kappa shape index (κ2) is 6.98. The third-order valence-electron chi connectivity index (χ3n) is 5.40. The molecular formula is C19H24ClN5O2. The lowest BCUT2D eigenvalue weighted by Gasteiger charge is -2.61. The van der Waals surface area contributed by atoms with Crippen molar-refractivity contribution in [1.29, 1.82) is 0 Å². The Labute approximate surface area is 163 Å². The fourth-order valence-corrected chi connectivity index (χ4v) is 4.26. The van der Waals surface area contributed by atoms with Crippen molar-refractivity contribution in [3.8, 4) is 0 Å².